The number of hydrogen-bond donors (Lipinski definition) is 0. The molecule has 0 aromatic heterocycles. The molecular weight excluding hydrogens is 242 g/mol. The zero-order valence-electron chi connectivity index (χ0n) is 13.4. The number of unbranched alkanes of at least 4 members (excludes halogenated alkanes) is 9. The SMILES string of the molecule is [C-]#[N+]CCCCCCCC/C=C\C/C=C\CCCCC. The Balaban J connectivity index is 3.14. The van der Waals surface area contributed by atoms with Gasteiger partial charge in [-0.3, -0.25) is 0 Å². The van der Waals surface area contributed by atoms with Gasteiger partial charge in [-0.15, -0.1) is 0 Å². The van der Waals surface area contributed by atoms with Crippen LogP contribution in [0.3, 0.4) is 0 Å². The second kappa shape index (κ2) is 18.0. The smallest absolute Gasteiger partial charge is 0.214 e. The molecule has 0 atom stereocenters. The molecular formula is C19H33N. The van der Waals surface area contributed by atoms with Gasteiger partial charge in [0.2, 0.25) is 6.54 Å². The monoisotopic (exact) mass is 275 g/mol. The molecule has 0 rings (SSSR count). The van der Waals surface area contributed by atoms with Gasteiger partial charge in [0.05, 0.1) is 0 Å². The molecule has 0 N–H and O–H groups in total. The van der Waals surface area contributed by atoms with Crippen LogP contribution in [-0.2, 0) is 0 Å². The van der Waals surface area contributed by atoms with Crippen molar-refractivity contribution in [2.24, 2.45) is 0 Å². The molecule has 1 heteroatoms. The Morgan fingerprint density at radius 1 is 0.700 bits per heavy atom. The predicted molar refractivity (Wildman–Crippen MR) is 90.8 cm³/mol. The Morgan fingerprint density at radius 2 is 1.25 bits per heavy atom. The van der Waals surface area contributed by atoms with E-state index < -0.39 is 0 Å². The molecule has 114 valence electrons. The number of hydrogen-bond acceptors (Lipinski definition) is 0. The van der Waals surface area contributed by atoms with Gasteiger partial charge in [-0.1, -0.05) is 63.3 Å². The van der Waals surface area contributed by atoms with E-state index in [-0.39, 0.29) is 0 Å². The highest BCUT2D eigenvalue weighted by Gasteiger charge is 1.91. The first-order valence-corrected chi connectivity index (χ1v) is 8.55. The molecule has 0 aliphatic heterocycles. The highest BCUT2D eigenvalue weighted by atomic mass is 14.6. The van der Waals surface area contributed by atoms with Gasteiger partial charge >= 0.3 is 0 Å². The lowest BCUT2D eigenvalue weighted by Gasteiger charge is -1.97. The average Bonchev–Trinajstić information content (AvgIpc) is 2.47. The summed E-state index contributed by atoms with van der Waals surface area (Å²) in [7, 11) is 0. The molecule has 1 nitrogen and oxygen atoms in total. The van der Waals surface area contributed by atoms with Crippen molar-refractivity contribution in [2.45, 2.75) is 84.0 Å². The fourth-order valence-corrected chi connectivity index (χ4v) is 2.18. The minimum Gasteiger partial charge on any atom is -0.317 e. The van der Waals surface area contributed by atoms with E-state index in [4.69, 9.17) is 6.57 Å². The number of nitrogens with zero attached hydrogens (tertiary/aromatic N) is 1. The maximum absolute atomic E-state index is 6.70. The van der Waals surface area contributed by atoms with E-state index >= 15 is 0 Å². The maximum Gasteiger partial charge on any atom is 0.214 e. The quantitative estimate of drug-likeness (QED) is 0.188. The van der Waals surface area contributed by atoms with Crippen LogP contribution in [-0.4, -0.2) is 6.54 Å². The molecule has 0 fully saturated rings. The Kier molecular flexibility index (Phi) is 17.0. The van der Waals surface area contributed by atoms with Crippen molar-refractivity contribution in [3.63, 3.8) is 0 Å². The summed E-state index contributed by atoms with van der Waals surface area (Å²) in [6, 6.07) is 0. The molecule has 0 heterocycles. The van der Waals surface area contributed by atoms with Crippen LogP contribution < -0.4 is 0 Å². The van der Waals surface area contributed by atoms with Gasteiger partial charge in [-0.25, -0.2) is 6.57 Å². The van der Waals surface area contributed by atoms with Gasteiger partial charge in [0.25, 0.3) is 0 Å². The third-order valence-corrected chi connectivity index (χ3v) is 3.47. The molecule has 20 heavy (non-hydrogen) atoms. The van der Waals surface area contributed by atoms with Gasteiger partial charge in [0, 0.05) is 6.42 Å². The Bertz CT molecular complexity index is 270. The highest BCUT2D eigenvalue weighted by Crippen LogP contribution is 2.08. The number of allylic oxidation sites excluding steroid dienone is 4. The third-order valence-electron chi connectivity index (χ3n) is 3.47. The van der Waals surface area contributed by atoms with Crippen molar-refractivity contribution in [1.29, 1.82) is 0 Å². The van der Waals surface area contributed by atoms with E-state index in [2.05, 4.69) is 36.1 Å². The topological polar surface area (TPSA) is 4.36 Å². The van der Waals surface area contributed by atoms with Gasteiger partial charge in [0.15, 0.2) is 0 Å². The van der Waals surface area contributed by atoms with Crippen LogP contribution in [0.1, 0.15) is 84.0 Å². The molecule has 0 aromatic carbocycles. The van der Waals surface area contributed by atoms with Crippen molar-refractivity contribution in [3.8, 4) is 0 Å². The van der Waals surface area contributed by atoms with Gasteiger partial charge in [-0.2, -0.15) is 0 Å². The second-order valence-electron chi connectivity index (χ2n) is 5.47. The second-order valence-corrected chi connectivity index (χ2v) is 5.47. The van der Waals surface area contributed by atoms with Gasteiger partial charge in [0.1, 0.15) is 0 Å². The summed E-state index contributed by atoms with van der Waals surface area (Å²) >= 11 is 0. The normalized spacial score (nSPS) is 11.4. The summed E-state index contributed by atoms with van der Waals surface area (Å²) in [5, 5.41) is 0. The molecule has 0 saturated carbocycles. The lowest BCUT2D eigenvalue weighted by atomic mass is 10.1. The van der Waals surface area contributed by atoms with Crippen LogP contribution in [0, 0.1) is 6.57 Å². The van der Waals surface area contributed by atoms with E-state index in [1.54, 1.807) is 0 Å². The Labute approximate surface area is 127 Å². The van der Waals surface area contributed by atoms with Gasteiger partial charge < -0.3 is 4.85 Å². The minimum atomic E-state index is 0.717. The van der Waals surface area contributed by atoms with Crippen LogP contribution in [0.5, 0.6) is 0 Å². The van der Waals surface area contributed by atoms with Crippen LogP contribution in [0.25, 0.3) is 4.85 Å². The zero-order valence-corrected chi connectivity index (χ0v) is 13.4. The third kappa shape index (κ3) is 17.0. The first kappa shape index (κ1) is 19.0. The summed E-state index contributed by atoms with van der Waals surface area (Å²) in [6.07, 6.45) is 24.5. The molecule has 0 unspecified atom stereocenters. The maximum atomic E-state index is 6.70. The molecule has 0 amide bonds. The van der Waals surface area contributed by atoms with Crippen molar-refractivity contribution >= 4 is 0 Å². The fourth-order valence-electron chi connectivity index (χ4n) is 2.18. The molecule has 0 aliphatic rings. The van der Waals surface area contributed by atoms with Crippen LogP contribution in [0.2, 0.25) is 0 Å². The van der Waals surface area contributed by atoms with Crippen molar-refractivity contribution in [1.82, 2.24) is 0 Å². The standard InChI is InChI=1S/C19H33N/c1-3-4-5-6-7-8-9-10-11-12-13-14-15-16-17-18-19-20-2/h7-8,10-11H,3-6,9,12-19H2,1H3/b8-7-,11-10-. The Hall–Kier alpha value is -1.03. The molecule has 0 bridgehead atoms. The summed E-state index contributed by atoms with van der Waals surface area (Å²) in [5.41, 5.74) is 0. The lowest BCUT2D eigenvalue weighted by Crippen LogP contribution is -1.81. The zero-order chi connectivity index (χ0) is 14.7. The Morgan fingerprint density at radius 3 is 1.85 bits per heavy atom. The van der Waals surface area contributed by atoms with Crippen LogP contribution in [0.4, 0.5) is 0 Å². The summed E-state index contributed by atoms with van der Waals surface area (Å²) in [4.78, 5) is 3.37. The predicted octanol–water partition coefficient (Wildman–Crippen LogP) is 6.72. The van der Waals surface area contributed by atoms with E-state index in [1.807, 2.05) is 0 Å². The van der Waals surface area contributed by atoms with Crippen LogP contribution in [0.15, 0.2) is 24.3 Å². The number of rotatable bonds is 14. The average molecular weight is 275 g/mol. The first-order chi connectivity index (χ1) is 9.91. The van der Waals surface area contributed by atoms with E-state index in [0.29, 0.717) is 6.54 Å². The first-order valence-electron chi connectivity index (χ1n) is 8.55. The van der Waals surface area contributed by atoms with Crippen molar-refractivity contribution in [2.75, 3.05) is 6.54 Å². The van der Waals surface area contributed by atoms with Crippen molar-refractivity contribution in [3.05, 3.63) is 35.7 Å². The summed E-state index contributed by atoms with van der Waals surface area (Å²) in [5.74, 6) is 0. The molecule has 0 radical (unpaired) electrons. The van der Waals surface area contributed by atoms with Crippen molar-refractivity contribution < 1.29 is 0 Å². The molecule has 0 aromatic rings. The molecule has 0 saturated heterocycles. The van der Waals surface area contributed by atoms with Crippen LogP contribution >= 0.6 is 0 Å². The summed E-state index contributed by atoms with van der Waals surface area (Å²) in [6.45, 7) is 9.66. The largest absolute Gasteiger partial charge is 0.317 e. The summed E-state index contributed by atoms with van der Waals surface area (Å²) < 4.78 is 0. The van der Waals surface area contributed by atoms with E-state index in [9.17, 15) is 0 Å². The van der Waals surface area contributed by atoms with E-state index in [1.165, 1.54) is 64.2 Å². The molecule has 0 spiro atoms. The van der Waals surface area contributed by atoms with Gasteiger partial charge in [-0.05, 0) is 38.5 Å². The fraction of sp³-hybridized carbons (Fsp3) is 0.737. The highest BCUT2D eigenvalue weighted by molar-refractivity contribution is 4.92. The lowest BCUT2D eigenvalue weighted by molar-refractivity contribution is 0.608. The minimum absolute atomic E-state index is 0.717. The van der Waals surface area contributed by atoms with E-state index in [0.717, 1.165) is 12.8 Å². The molecule has 0 aliphatic carbocycles.